The van der Waals surface area contributed by atoms with Crippen molar-refractivity contribution in [2.24, 2.45) is 0 Å². The molecule has 2 fully saturated rings. The molecule has 0 radical (unpaired) electrons. The maximum atomic E-state index is 12.7. The summed E-state index contributed by atoms with van der Waals surface area (Å²) >= 11 is 0. The number of para-hydroxylation sites is 2. The first-order chi connectivity index (χ1) is 14.7. The molecule has 0 spiro atoms. The summed E-state index contributed by atoms with van der Waals surface area (Å²) in [4.78, 5) is 28.3. The van der Waals surface area contributed by atoms with E-state index in [0.717, 1.165) is 37.9 Å². The highest BCUT2D eigenvalue weighted by Gasteiger charge is 2.23. The first-order valence-corrected chi connectivity index (χ1v) is 10.9. The number of benzene rings is 1. The fraction of sp³-hybridized carbons (Fsp3) is 0.500. The summed E-state index contributed by atoms with van der Waals surface area (Å²) in [5.41, 5.74) is 0.703. The fourth-order valence-electron chi connectivity index (χ4n) is 3.95. The Morgan fingerprint density at radius 2 is 1.77 bits per heavy atom. The molecule has 2 amide bonds. The number of aromatic nitrogens is 2. The summed E-state index contributed by atoms with van der Waals surface area (Å²) < 4.78 is 5.60. The number of hydrogen-bond donors (Lipinski definition) is 1. The zero-order valence-corrected chi connectivity index (χ0v) is 17.6. The second kappa shape index (κ2) is 9.65. The highest BCUT2D eigenvalue weighted by atomic mass is 16.5. The smallest absolute Gasteiger partial charge is 0.322 e. The highest BCUT2D eigenvalue weighted by molar-refractivity contribution is 5.91. The van der Waals surface area contributed by atoms with E-state index in [1.54, 1.807) is 0 Å². The quantitative estimate of drug-likeness (QED) is 0.816. The molecule has 0 atom stereocenters. The third kappa shape index (κ3) is 4.75. The molecule has 0 bridgehead atoms. The van der Waals surface area contributed by atoms with Gasteiger partial charge in [0.05, 0.1) is 12.3 Å². The van der Waals surface area contributed by atoms with Crippen molar-refractivity contribution in [3.8, 4) is 5.75 Å². The Morgan fingerprint density at radius 1 is 1.00 bits per heavy atom. The summed E-state index contributed by atoms with van der Waals surface area (Å²) in [6.07, 6.45) is 5.53. The number of urea groups is 1. The average molecular weight is 411 g/mol. The maximum absolute atomic E-state index is 12.7. The van der Waals surface area contributed by atoms with Crippen LogP contribution < -0.4 is 19.9 Å². The van der Waals surface area contributed by atoms with Crippen LogP contribution >= 0.6 is 0 Å². The van der Waals surface area contributed by atoms with Crippen LogP contribution in [0.4, 0.5) is 22.2 Å². The SMILES string of the molecule is CCOc1ccccc1NC(=O)N1CCN(c2ccnc(N3CCCCC3)n2)CC1. The zero-order chi connectivity index (χ0) is 20.8. The minimum Gasteiger partial charge on any atom is -0.492 e. The Kier molecular flexibility index (Phi) is 6.51. The highest BCUT2D eigenvalue weighted by Crippen LogP contribution is 2.24. The number of hydrogen-bond acceptors (Lipinski definition) is 6. The van der Waals surface area contributed by atoms with Crippen molar-refractivity contribution in [1.29, 1.82) is 0 Å². The fourth-order valence-corrected chi connectivity index (χ4v) is 3.95. The minimum atomic E-state index is -0.0986. The van der Waals surface area contributed by atoms with Gasteiger partial charge < -0.3 is 24.8 Å². The van der Waals surface area contributed by atoms with E-state index in [2.05, 4.69) is 20.1 Å². The zero-order valence-electron chi connectivity index (χ0n) is 17.6. The third-order valence-electron chi connectivity index (χ3n) is 5.59. The topological polar surface area (TPSA) is 73.8 Å². The van der Waals surface area contributed by atoms with Crippen molar-refractivity contribution >= 4 is 23.5 Å². The van der Waals surface area contributed by atoms with E-state index >= 15 is 0 Å². The summed E-state index contributed by atoms with van der Waals surface area (Å²) in [5.74, 6) is 2.45. The lowest BCUT2D eigenvalue weighted by molar-refractivity contribution is 0.208. The third-order valence-corrected chi connectivity index (χ3v) is 5.59. The number of amides is 2. The van der Waals surface area contributed by atoms with E-state index in [9.17, 15) is 4.79 Å². The lowest BCUT2D eigenvalue weighted by atomic mass is 10.1. The molecule has 0 unspecified atom stereocenters. The lowest BCUT2D eigenvalue weighted by Gasteiger charge is -2.36. The largest absolute Gasteiger partial charge is 0.492 e. The van der Waals surface area contributed by atoms with Gasteiger partial charge in [-0.25, -0.2) is 9.78 Å². The van der Waals surface area contributed by atoms with E-state index < -0.39 is 0 Å². The van der Waals surface area contributed by atoms with Crippen LogP contribution in [0.5, 0.6) is 5.75 Å². The predicted octanol–water partition coefficient (Wildman–Crippen LogP) is 3.22. The number of nitrogens with one attached hydrogen (secondary N) is 1. The molecule has 30 heavy (non-hydrogen) atoms. The summed E-state index contributed by atoms with van der Waals surface area (Å²) in [7, 11) is 0. The number of piperidine rings is 1. The minimum absolute atomic E-state index is 0.0986. The van der Waals surface area contributed by atoms with Gasteiger partial charge in [0.15, 0.2) is 0 Å². The van der Waals surface area contributed by atoms with Crippen molar-refractivity contribution in [3.05, 3.63) is 36.5 Å². The molecule has 160 valence electrons. The van der Waals surface area contributed by atoms with E-state index in [-0.39, 0.29) is 6.03 Å². The van der Waals surface area contributed by atoms with Gasteiger partial charge >= 0.3 is 6.03 Å². The maximum Gasteiger partial charge on any atom is 0.322 e. The number of carbonyl (C=O) groups is 1. The summed E-state index contributed by atoms with van der Waals surface area (Å²) in [6.45, 7) is 7.33. The molecule has 8 heteroatoms. The van der Waals surface area contributed by atoms with E-state index in [1.807, 2.05) is 48.4 Å². The number of rotatable bonds is 5. The first kappa shape index (κ1) is 20.3. The molecule has 1 aromatic carbocycles. The van der Waals surface area contributed by atoms with Gasteiger partial charge in [0.25, 0.3) is 0 Å². The Hall–Kier alpha value is -3.03. The van der Waals surface area contributed by atoms with Gasteiger partial charge in [-0.15, -0.1) is 0 Å². The Morgan fingerprint density at radius 3 is 2.53 bits per heavy atom. The molecule has 3 heterocycles. The number of ether oxygens (including phenoxy) is 1. The molecule has 4 rings (SSSR count). The molecular weight excluding hydrogens is 380 g/mol. The van der Waals surface area contributed by atoms with Crippen molar-refractivity contribution in [1.82, 2.24) is 14.9 Å². The second-order valence-corrected chi connectivity index (χ2v) is 7.60. The van der Waals surface area contributed by atoms with Crippen LogP contribution in [0.2, 0.25) is 0 Å². The van der Waals surface area contributed by atoms with Crippen LogP contribution in [-0.4, -0.2) is 66.8 Å². The molecule has 8 nitrogen and oxygen atoms in total. The van der Waals surface area contributed by atoms with Gasteiger partial charge in [-0.05, 0) is 44.4 Å². The van der Waals surface area contributed by atoms with Crippen LogP contribution in [0.25, 0.3) is 0 Å². The lowest BCUT2D eigenvalue weighted by Crippen LogP contribution is -2.50. The standard InChI is InChI=1S/C22H30N6O2/c1-2-30-19-9-5-4-8-18(19)24-22(29)28-16-14-26(15-17-28)20-10-11-23-21(25-20)27-12-6-3-7-13-27/h4-5,8-11H,2-3,6-7,12-17H2,1H3,(H,24,29). The van der Waals surface area contributed by atoms with Gasteiger partial charge in [0.2, 0.25) is 5.95 Å². The van der Waals surface area contributed by atoms with Gasteiger partial charge in [-0.3, -0.25) is 0 Å². The molecule has 0 saturated carbocycles. The van der Waals surface area contributed by atoms with E-state index in [1.165, 1.54) is 19.3 Å². The van der Waals surface area contributed by atoms with Crippen molar-refractivity contribution in [3.63, 3.8) is 0 Å². The van der Waals surface area contributed by atoms with Crippen molar-refractivity contribution < 1.29 is 9.53 Å². The second-order valence-electron chi connectivity index (χ2n) is 7.60. The molecule has 1 aromatic heterocycles. The van der Waals surface area contributed by atoms with Crippen LogP contribution in [0.1, 0.15) is 26.2 Å². The summed E-state index contributed by atoms with van der Waals surface area (Å²) in [6, 6.07) is 9.39. The average Bonchev–Trinajstić information content (AvgIpc) is 2.81. The van der Waals surface area contributed by atoms with Gasteiger partial charge in [0.1, 0.15) is 11.6 Å². The van der Waals surface area contributed by atoms with Gasteiger partial charge in [-0.2, -0.15) is 4.98 Å². The van der Waals surface area contributed by atoms with Crippen LogP contribution in [0.3, 0.4) is 0 Å². The van der Waals surface area contributed by atoms with Crippen LogP contribution in [-0.2, 0) is 0 Å². The van der Waals surface area contributed by atoms with Gasteiger partial charge in [-0.1, -0.05) is 12.1 Å². The number of nitrogens with zero attached hydrogens (tertiary/aromatic N) is 5. The Balaban J connectivity index is 1.34. The first-order valence-electron chi connectivity index (χ1n) is 10.9. The molecule has 1 N–H and O–H groups in total. The van der Waals surface area contributed by atoms with Gasteiger partial charge in [0, 0.05) is 45.5 Å². The summed E-state index contributed by atoms with van der Waals surface area (Å²) in [5, 5.41) is 2.98. The van der Waals surface area contributed by atoms with Crippen molar-refractivity contribution in [2.75, 3.05) is 61.0 Å². The van der Waals surface area contributed by atoms with Crippen LogP contribution in [0.15, 0.2) is 36.5 Å². The van der Waals surface area contributed by atoms with E-state index in [4.69, 9.17) is 9.72 Å². The molecular formula is C22H30N6O2. The molecule has 2 aliphatic heterocycles. The van der Waals surface area contributed by atoms with Crippen molar-refractivity contribution in [2.45, 2.75) is 26.2 Å². The predicted molar refractivity (Wildman–Crippen MR) is 119 cm³/mol. The molecule has 2 saturated heterocycles. The van der Waals surface area contributed by atoms with Crippen LogP contribution in [0, 0.1) is 0 Å². The number of carbonyl (C=O) groups excluding carboxylic acids is 1. The monoisotopic (exact) mass is 410 g/mol. The number of anilines is 3. The normalized spacial score (nSPS) is 17.0. The molecule has 2 aliphatic rings. The Labute approximate surface area is 177 Å². The van der Waals surface area contributed by atoms with E-state index in [0.29, 0.717) is 31.1 Å². The molecule has 0 aliphatic carbocycles. The Bertz CT molecular complexity index is 847. The number of piperazine rings is 1. The molecule has 2 aromatic rings.